The topological polar surface area (TPSA) is 35.5 Å². The Hall–Kier alpha value is -3.07. The Kier molecular flexibility index (Phi) is 5.14. The number of benzene rings is 3. The van der Waals surface area contributed by atoms with Crippen LogP contribution in [0, 0.1) is 0 Å². The number of ether oxygens (including phenoxy) is 2. The lowest BCUT2D eigenvalue weighted by Crippen LogP contribution is -2.06. The van der Waals surface area contributed by atoms with Crippen LogP contribution in [0.2, 0.25) is 0 Å². The molecule has 0 spiro atoms. The summed E-state index contributed by atoms with van der Waals surface area (Å²) in [4.78, 5) is 12.9. The third kappa shape index (κ3) is 3.89. The number of carbonyl (C=O) groups is 1. The van der Waals surface area contributed by atoms with Crippen molar-refractivity contribution in [2.45, 2.75) is 6.42 Å². The number of hydrogen-bond acceptors (Lipinski definition) is 3. The second-order valence-electron chi connectivity index (χ2n) is 5.74. The van der Waals surface area contributed by atoms with E-state index >= 15 is 0 Å². The van der Waals surface area contributed by atoms with Gasteiger partial charge in [-0.05, 0) is 53.9 Å². The first-order chi connectivity index (χ1) is 12.2. The molecule has 0 heterocycles. The summed E-state index contributed by atoms with van der Waals surface area (Å²) in [5.74, 6) is 1.58. The Balaban J connectivity index is 1.87. The van der Waals surface area contributed by atoms with E-state index in [1.807, 2.05) is 48.5 Å². The van der Waals surface area contributed by atoms with Gasteiger partial charge in [0.2, 0.25) is 0 Å². The van der Waals surface area contributed by atoms with Gasteiger partial charge in [0.15, 0.2) is 5.78 Å². The molecule has 0 atom stereocenters. The summed E-state index contributed by atoms with van der Waals surface area (Å²) in [5, 5.41) is 0. The molecule has 0 aromatic heterocycles. The molecular formula is C22H20O3. The molecule has 0 fully saturated rings. The summed E-state index contributed by atoms with van der Waals surface area (Å²) in [6.07, 6.45) is 0.696. The average molecular weight is 332 g/mol. The number of ketones is 1. The van der Waals surface area contributed by atoms with E-state index in [0.29, 0.717) is 12.0 Å². The van der Waals surface area contributed by atoms with E-state index in [2.05, 4.69) is 0 Å². The summed E-state index contributed by atoms with van der Waals surface area (Å²) in [5.41, 5.74) is 3.52. The zero-order valence-corrected chi connectivity index (χ0v) is 14.4. The van der Waals surface area contributed by atoms with Crippen LogP contribution in [0.25, 0.3) is 0 Å². The van der Waals surface area contributed by atoms with E-state index in [1.54, 1.807) is 38.5 Å². The maximum Gasteiger partial charge on any atom is 0.193 e. The highest BCUT2D eigenvalue weighted by molar-refractivity contribution is 6.10. The lowest BCUT2D eigenvalue weighted by atomic mass is 9.94. The fourth-order valence-electron chi connectivity index (χ4n) is 2.76. The van der Waals surface area contributed by atoms with Gasteiger partial charge in [-0.1, -0.05) is 36.4 Å². The van der Waals surface area contributed by atoms with Crippen LogP contribution in [0.15, 0.2) is 72.8 Å². The molecule has 0 aliphatic carbocycles. The Labute approximate surface area is 147 Å². The van der Waals surface area contributed by atoms with Crippen LogP contribution >= 0.6 is 0 Å². The smallest absolute Gasteiger partial charge is 0.193 e. The van der Waals surface area contributed by atoms with E-state index < -0.39 is 0 Å². The summed E-state index contributed by atoms with van der Waals surface area (Å²) >= 11 is 0. The first kappa shape index (κ1) is 16.8. The van der Waals surface area contributed by atoms with Gasteiger partial charge in [-0.3, -0.25) is 4.79 Å². The fraction of sp³-hybridized carbons (Fsp3) is 0.136. The van der Waals surface area contributed by atoms with E-state index in [1.165, 1.54) is 0 Å². The molecule has 126 valence electrons. The van der Waals surface area contributed by atoms with Gasteiger partial charge in [-0.2, -0.15) is 0 Å². The molecule has 0 aliphatic heterocycles. The van der Waals surface area contributed by atoms with Crippen molar-refractivity contribution in [2.24, 2.45) is 0 Å². The van der Waals surface area contributed by atoms with Gasteiger partial charge in [0.25, 0.3) is 0 Å². The quantitative estimate of drug-likeness (QED) is 0.622. The summed E-state index contributed by atoms with van der Waals surface area (Å²) in [6.45, 7) is 0. The molecule has 0 saturated carbocycles. The second-order valence-corrected chi connectivity index (χ2v) is 5.74. The molecule has 3 aromatic carbocycles. The molecule has 0 amide bonds. The molecule has 3 nitrogen and oxygen atoms in total. The maximum absolute atomic E-state index is 12.9. The monoisotopic (exact) mass is 332 g/mol. The van der Waals surface area contributed by atoms with Crippen LogP contribution in [0.1, 0.15) is 27.0 Å². The zero-order chi connectivity index (χ0) is 17.6. The van der Waals surface area contributed by atoms with Gasteiger partial charge in [0.05, 0.1) is 14.2 Å². The zero-order valence-electron chi connectivity index (χ0n) is 14.4. The Morgan fingerprint density at radius 2 is 1.32 bits per heavy atom. The number of methoxy groups -OCH3 is 2. The number of rotatable bonds is 6. The molecule has 0 aliphatic rings. The van der Waals surface area contributed by atoms with Crippen molar-refractivity contribution >= 4 is 5.78 Å². The summed E-state index contributed by atoms with van der Waals surface area (Å²) in [6, 6.07) is 22.9. The normalized spacial score (nSPS) is 10.3. The highest BCUT2D eigenvalue weighted by Gasteiger charge is 2.13. The first-order valence-electron chi connectivity index (χ1n) is 8.11. The van der Waals surface area contributed by atoms with E-state index in [-0.39, 0.29) is 5.78 Å². The van der Waals surface area contributed by atoms with Crippen LogP contribution in [0.4, 0.5) is 0 Å². The van der Waals surface area contributed by atoms with Gasteiger partial charge in [-0.25, -0.2) is 0 Å². The summed E-state index contributed by atoms with van der Waals surface area (Å²) in [7, 11) is 3.26. The molecule has 0 unspecified atom stereocenters. The van der Waals surface area contributed by atoms with E-state index in [4.69, 9.17) is 9.47 Å². The molecule has 3 rings (SSSR count). The molecule has 0 N–H and O–H groups in total. The van der Waals surface area contributed by atoms with Crippen LogP contribution in [-0.4, -0.2) is 20.0 Å². The van der Waals surface area contributed by atoms with Crippen LogP contribution < -0.4 is 9.47 Å². The SMILES string of the molecule is COc1ccc(Cc2ccccc2C(=O)c2ccc(OC)cc2)cc1. The number of carbonyl (C=O) groups excluding carboxylic acids is 1. The summed E-state index contributed by atoms with van der Waals surface area (Å²) < 4.78 is 10.3. The minimum absolute atomic E-state index is 0.0202. The molecule has 0 bridgehead atoms. The molecule has 0 radical (unpaired) electrons. The van der Waals surface area contributed by atoms with Crippen molar-refractivity contribution < 1.29 is 14.3 Å². The second kappa shape index (κ2) is 7.67. The van der Waals surface area contributed by atoms with E-state index in [0.717, 1.165) is 28.2 Å². The van der Waals surface area contributed by atoms with Crippen molar-refractivity contribution in [1.82, 2.24) is 0 Å². The Morgan fingerprint density at radius 3 is 1.92 bits per heavy atom. The van der Waals surface area contributed by atoms with E-state index in [9.17, 15) is 4.79 Å². The fourth-order valence-corrected chi connectivity index (χ4v) is 2.76. The predicted octanol–water partition coefficient (Wildman–Crippen LogP) is 4.53. The maximum atomic E-state index is 12.9. The van der Waals surface area contributed by atoms with Gasteiger partial charge in [0.1, 0.15) is 11.5 Å². The van der Waals surface area contributed by atoms with Crippen LogP contribution in [-0.2, 0) is 6.42 Å². The molecular weight excluding hydrogens is 312 g/mol. The van der Waals surface area contributed by atoms with Gasteiger partial charge in [-0.15, -0.1) is 0 Å². The molecule has 0 saturated heterocycles. The van der Waals surface area contributed by atoms with Crippen molar-refractivity contribution in [1.29, 1.82) is 0 Å². The molecule has 25 heavy (non-hydrogen) atoms. The standard InChI is InChI=1S/C22H20O3/c1-24-19-11-7-16(8-12-19)15-18-5-3-4-6-21(18)22(23)17-9-13-20(25-2)14-10-17/h3-14H,15H2,1-2H3. The minimum Gasteiger partial charge on any atom is -0.497 e. The van der Waals surface area contributed by atoms with Crippen molar-refractivity contribution in [3.63, 3.8) is 0 Å². The highest BCUT2D eigenvalue weighted by Crippen LogP contribution is 2.21. The minimum atomic E-state index is 0.0202. The first-order valence-corrected chi connectivity index (χ1v) is 8.11. The predicted molar refractivity (Wildman–Crippen MR) is 98.7 cm³/mol. The van der Waals surface area contributed by atoms with Crippen molar-refractivity contribution in [3.05, 3.63) is 95.1 Å². The van der Waals surface area contributed by atoms with Crippen molar-refractivity contribution in [2.75, 3.05) is 14.2 Å². The molecule has 3 heteroatoms. The third-order valence-corrected chi connectivity index (χ3v) is 4.17. The lowest BCUT2D eigenvalue weighted by molar-refractivity contribution is 0.103. The van der Waals surface area contributed by atoms with Gasteiger partial charge < -0.3 is 9.47 Å². The molecule has 3 aromatic rings. The highest BCUT2D eigenvalue weighted by atomic mass is 16.5. The Bertz CT molecular complexity index is 849. The van der Waals surface area contributed by atoms with Gasteiger partial charge in [0, 0.05) is 11.1 Å². The van der Waals surface area contributed by atoms with Crippen LogP contribution in [0.5, 0.6) is 11.5 Å². The number of hydrogen-bond donors (Lipinski definition) is 0. The third-order valence-electron chi connectivity index (χ3n) is 4.17. The lowest BCUT2D eigenvalue weighted by Gasteiger charge is -2.10. The largest absolute Gasteiger partial charge is 0.497 e. The van der Waals surface area contributed by atoms with Crippen LogP contribution in [0.3, 0.4) is 0 Å². The average Bonchev–Trinajstić information content (AvgIpc) is 2.68. The van der Waals surface area contributed by atoms with Gasteiger partial charge >= 0.3 is 0 Å². The Morgan fingerprint density at radius 1 is 0.760 bits per heavy atom. The van der Waals surface area contributed by atoms with Crippen molar-refractivity contribution in [3.8, 4) is 11.5 Å².